The van der Waals surface area contributed by atoms with Crippen molar-refractivity contribution in [3.8, 4) is 0 Å². The third kappa shape index (κ3) is 3.04. The fourth-order valence-corrected chi connectivity index (χ4v) is 3.04. The van der Waals surface area contributed by atoms with Crippen molar-refractivity contribution in [1.29, 1.82) is 0 Å². The van der Waals surface area contributed by atoms with E-state index in [9.17, 15) is 4.79 Å². The van der Waals surface area contributed by atoms with E-state index in [1.165, 1.54) is 5.56 Å². The molecule has 1 aliphatic heterocycles. The highest BCUT2D eigenvalue weighted by atomic mass is 16.2. The van der Waals surface area contributed by atoms with Crippen LogP contribution in [-0.4, -0.2) is 34.3 Å². The van der Waals surface area contributed by atoms with Gasteiger partial charge in [-0.2, -0.15) is 5.10 Å². The van der Waals surface area contributed by atoms with E-state index in [-0.39, 0.29) is 18.0 Å². The largest absolute Gasteiger partial charge is 0.310 e. The number of para-hydroxylation sites is 1. The molecule has 0 saturated carbocycles. The van der Waals surface area contributed by atoms with Crippen molar-refractivity contribution in [3.05, 3.63) is 48.3 Å². The summed E-state index contributed by atoms with van der Waals surface area (Å²) in [5.74, 6) is 0.136. The fourth-order valence-electron chi connectivity index (χ4n) is 3.04. The standard InChI is InChI=1S/C17H22N4O/c1-13(12-20-10-5-9-18-20)19-14(2)17(22)21-11-8-15-6-3-4-7-16(15)21/h3-7,9-10,13-14,19H,8,11-12H2,1-2H3. The zero-order valence-electron chi connectivity index (χ0n) is 13.1. The minimum absolute atomic E-state index is 0.136. The second-order valence-corrected chi connectivity index (χ2v) is 5.89. The Morgan fingerprint density at radius 3 is 2.91 bits per heavy atom. The number of hydrogen-bond acceptors (Lipinski definition) is 3. The van der Waals surface area contributed by atoms with E-state index in [2.05, 4.69) is 23.4 Å². The minimum Gasteiger partial charge on any atom is -0.310 e. The van der Waals surface area contributed by atoms with Crippen LogP contribution < -0.4 is 10.2 Å². The van der Waals surface area contributed by atoms with Gasteiger partial charge in [-0.15, -0.1) is 0 Å². The van der Waals surface area contributed by atoms with Crippen molar-refractivity contribution in [2.45, 2.75) is 38.9 Å². The molecule has 5 nitrogen and oxygen atoms in total. The summed E-state index contributed by atoms with van der Waals surface area (Å²) >= 11 is 0. The van der Waals surface area contributed by atoms with Crippen LogP contribution in [0.4, 0.5) is 5.69 Å². The second-order valence-electron chi connectivity index (χ2n) is 5.89. The molecule has 3 rings (SSSR count). The second kappa shape index (κ2) is 6.32. The molecule has 2 heterocycles. The summed E-state index contributed by atoms with van der Waals surface area (Å²) in [6.07, 6.45) is 4.64. The number of aromatic nitrogens is 2. The van der Waals surface area contributed by atoms with Crippen molar-refractivity contribution < 1.29 is 4.79 Å². The molecule has 0 bridgehead atoms. The third-order valence-electron chi connectivity index (χ3n) is 4.08. The number of nitrogens with zero attached hydrogens (tertiary/aromatic N) is 3. The molecule has 0 aliphatic carbocycles. The Bertz CT molecular complexity index is 638. The minimum atomic E-state index is -0.211. The molecule has 1 aromatic carbocycles. The van der Waals surface area contributed by atoms with E-state index < -0.39 is 0 Å². The van der Waals surface area contributed by atoms with Gasteiger partial charge in [-0.1, -0.05) is 18.2 Å². The summed E-state index contributed by atoms with van der Waals surface area (Å²) < 4.78 is 1.88. The molecule has 2 unspecified atom stereocenters. The third-order valence-corrected chi connectivity index (χ3v) is 4.08. The molecular weight excluding hydrogens is 276 g/mol. The average molecular weight is 298 g/mol. The van der Waals surface area contributed by atoms with Gasteiger partial charge >= 0.3 is 0 Å². The quantitative estimate of drug-likeness (QED) is 0.916. The molecule has 5 heteroatoms. The van der Waals surface area contributed by atoms with Gasteiger partial charge in [0.2, 0.25) is 5.91 Å². The first-order valence-corrected chi connectivity index (χ1v) is 7.78. The number of hydrogen-bond donors (Lipinski definition) is 1. The highest BCUT2D eigenvalue weighted by molar-refractivity contribution is 5.98. The van der Waals surface area contributed by atoms with Crippen molar-refractivity contribution in [2.24, 2.45) is 0 Å². The molecule has 0 radical (unpaired) electrons. The Balaban J connectivity index is 1.60. The highest BCUT2D eigenvalue weighted by Gasteiger charge is 2.28. The predicted octanol–water partition coefficient (Wildman–Crippen LogP) is 1.84. The number of fused-ring (bicyclic) bond motifs is 1. The van der Waals surface area contributed by atoms with Gasteiger partial charge in [0.1, 0.15) is 0 Å². The Morgan fingerprint density at radius 1 is 1.32 bits per heavy atom. The molecule has 116 valence electrons. The first kappa shape index (κ1) is 14.8. The Morgan fingerprint density at radius 2 is 2.14 bits per heavy atom. The first-order chi connectivity index (χ1) is 10.6. The topological polar surface area (TPSA) is 50.2 Å². The lowest BCUT2D eigenvalue weighted by Gasteiger charge is -2.25. The van der Waals surface area contributed by atoms with E-state index >= 15 is 0 Å². The maximum Gasteiger partial charge on any atom is 0.243 e. The van der Waals surface area contributed by atoms with E-state index in [0.717, 1.165) is 25.2 Å². The molecule has 2 aromatic rings. The first-order valence-electron chi connectivity index (χ1n) is 7.78. The summed E-state index contributed by atoms with van der Waals surface area (Å²) in [5, 5.41) is 7.57. The van der Waals surface area contributed by atoms with Crippen LogP contribution in [-0.2, 0) is 17.8 Å². The molecule has 1 N–H and O–H groups in total. The van der Waals surface area contributed by atoms with Crippen LogP contribution in [0.1, 0.15) is 19.4 Å². The maximum atomic E-state index is 12.7. The Hall–Kier alpha value is -2.14. The predicted molar refractivity (Wildman–Crippen MR) is 86.8 cm³/mol. The van der Waals surface area contributed by atoms with Gasteiger partial charge in [0, 0.05) is 30.7 Å². The molecule has 1 aliphatic rings. The van der Waals surface area contributed by atoms with Gasteiger partial charge in [-0.05, 0) is 38.0 Å². The van der Waals surface area contributed by atoms with Crippen LogP contribution in [0.2, 0.25) is 0 Å². The summed E-state index contributed by atoms with van der Waals surface area (Å²) in [6, 6.07) is 10.0. The molecular formula is C17H22N4O. The Kier molecular flexibility index (Phi) is 4.24. The number of carbonyl (C=O) groups excluding carboxylic acids is 1. The number of nitrogens with one attached hydrogen (secondary N) is 1. The molecule has 22 heavy (non-hydrogen) atoms. The number of anilines is 1. The lowest BCUT2D eigenvalue weighted by atomic mass is 10.2. The summed E-state index contributed by atoms with van der Waals surface area (Å²) in [4.78, 5) is 14.6. The zero-order chi connectivity index (χ0) is 15.5. The van der Waals surface area contributed by atoms with Crippen molar-refractivity contribution in [2.75, 3.05) is 11.4 Å². The molecule has 1 aromatic heterocycles. The summed E-state index contributed by atoms with van der Waals surface area (Å²) in [5.41, 5.74) is 2.31. The van der Waals surface area contributed by atoms with Crippen molar-refractivity contribution in [1.82, 2.24) is 15.1 Å². The molecule has 1 amide bonds. The summed E-state index contributed by atoms with van der Waals surface area (Å²) in [6.45, 7) is 5.53. The van der Waals surface area contributed by atoms with Crippen molar-refractivity contribution >= 4 is 11.6 Å². The maximum absolute atomic E-state index is 12.7. The van der Waals surface area contributed by atoms with E-state index in [1.54, 1.807) is 6.20 Å². The van der Waals surface area contributed by atoms with E-state index in [1.807, 2.05) is 47.0 Å². The highest BCUT2D eigenvalue weighted by Crippen LogP contribution is 2.27. The van der Waals surface area contributed by atoms with Gasteiger partial charge in [0.25, 0.3) is 0 Å². The lowest BCUT2D eigenvalue weighted by Crippen LogP contribution is -2.48. The molecule has 0 fully saturated rings. The summed E-state index contributed by atoms with van der Waals surface area (Å²) in [7, 11) is 0. The van der Waals surface area contributed by atoms with Crippen LogP contribution >= 0.6 is 0 Å². The number of carbonyl (C=O) groups is 1. The lowest BCUT2D eigenvalue weighted by molar-refractivity contribution is -0.120. The van der Waals surface area contributed by atoms with Crippen LogP contribution in [0.15, 0.2) is 42.7 Å². The van der Waals surface area contributed by atoms with Crippen LogP contribution in [0.5, 0.6) is 0 Å². The smallest absolute Gasteiger partial charge is 0.243 e. The number of amides is 1. The molecule has 0 saturated heterocycles. The van der Waals surface area contributed by atoms with Crippen LogP contribution in [0.25, 0.3) is 0 Å². The van der Waals surface area contributed by atoms with Gasteiger partial charge in [-0.25, -0.2) is 0 Å². The van der Waals surface area contributed by atoms with Gasteiger partial charge in [-0.3, -0.25) is 9.48 Å². The van der Waals surface area contributed by atoms with Gasteiger partial charge in [0.15, 0.2) is 0 Å². The Labute approximate surface area is 130 Å². The van der Waals surface area contributed by atoms with Crippen LogP contribution in [0.3, 0.4) is 0 Å². The van der Waals surface area contributed by atoms with Gasteiger partial charge < -0.3 is 10.2 Å². The molecule has 2 atom stereocenters. The SMILES string of the molecule is CC(Cn1cccn1)NC(C)C(=O)N1CCc2ccccc21. The zero-order valence-corrected chi connectivity index (χ0v) is 13.1. The van der Waals surface area contributed by atoms with E-state index in [0.29, 0.717) is 0 Å². The van der Waals surface area contributed by atoms with E-state index in [4.69, 9.17) is 0 Å². The normalized spacial score (nSPS) is 16.4. The van der Waals surface area contributed by atoms with Crippen LogP contribution in [0, 0.1) is 0 Å². The monoisotopic (exact) mass is 298 g/mol. The fraction of sp³-hybridized carbons (Fsp3) is 0.412. The van der Waals surface area contributed by atoms with Gasteiger partial charge in [0.05, 0.1) is 12.6 Å². The number of benzene rings is 1. The molecule has 0 spiro atoms. The average Bonchev–Trinajstić information content (AvgIpc) is 3.15. The number of rotatable bonds is 5. The van der Waals surface area contributed by atoms with Crippen molar-refractivity contribution in [3.63, 3.8) is 0 Å².